The number of aliphatic hydroxyl groups excluding tert-OH is 1. The van der Waals surface area contributed by atoms with Crippen LogP contribution in [0.4, 0.5) is 14.9 Å². The molecule has 1 aliphatic heterocycles. The highest BCUT2D eigenvalue weighted by atomic mass is 35.5. The van der Waals surface area contributed by atoms with Crippen molar-refractivity contribution in [2.24, 2.45) is 0 Å². The Morgan fingerprint density at radius 2 is 2.10 bits per heavy atom. The lowest BCUT2D eigenvalue weighted by molar-refractivity contribution is -0.141. The number of anilines is 1. The van der Waals surface area contributed by atoms with Crippen molar-refractivity contribution in [3.8, 4) is 0 Å². The van der Waals surface area contributed by atoms with Gasteiger partial charge in [-0.1, -0.05) is 11.6 Å². The maximum absolute atomic E-state index is 13.1. The van der Waals surface area contributed by atoms with Gasteiger partial charge in [-0.2, -0.15) is 0 Å². The van der Waals surface area contributed by atoms with E-state index in [1.54, 1.807) is 0 Å². The minimum absolute atomic E-state index is 0.0351. The maximum atomic E-state index is 13.1. The highest BCUT2D eigenvalue weighted by molar-refractivity contribution is 6.30. The Balaban J connectivity index is 2.13. The third-order valence-electron chi connectivity index (χ3n) is 2.94. The first kappa shape index (κ1) is 14.5. The molecule has 1 aromatic rings. The van der Waals surface area contributed by atoms with Crippen molar-refractivity contribution in [1.82, 2.24) is 4.90 Å². The summed E-state index contributed by atoms with van der Waals surface area (Å²) in [6.45, 7) is -0.0914. The van der Waals surface area contributed by atoms with Gasteiger partial charge in [0.15, 0.2) is 0 Å². The van der Waals surface area contributed by atoms with Gasteiger partial charge in [-0.05, 0) is 18.2 Å². The van der Waals surface area contributed by atoms with Crippen LogP contribution in [-0.2, 0) is 4.79 Å². The monoisotopic (exact) mass is 302 g/mol. The number of carbonyl (C=O) groups excluding carboxylic acids is 1. The van der Waals surface area contributed by atoms with Crippen LogP contribution in [0.2, 0.25) is 5.02 Å². The second kappa shape index (κ2) is 5.64. The molecule has 8 heteroatoms. The molecule has 1 aromatic carbocycles. The third-order valence-corrected chi connectivity index (χ3v) is 3.16. The molecule has 6 nitrogen and oxygen atoms in total. The standard InChI is InChI=1S/C12H12ClFN2O4/c13-6-1-7(14)3-8(2-6)15-12(20)16-5-9(17)4-10(16)11(18)19/h1-3,9-10,17H,4-5H2,(H,15,20)(H,18,19)/t9-,10+/m1/s1. The van der Waals surface area contributed by atoms with Crippen molar-refractivity contribution in [2.45, 2.75) is 18.6 Å². The van der Waals surface area contributed by atoms with Crippen LogP contribution in [0.5, 0.6) is 0 Å². The van der Waals surface area contributed by atoms with Gasteiger partial charge in [0, 0.05) is 23.7 Å². The van der Waals surface area contributed by atoms with Crippen LogP contribution in [-0.4, -0.2) is 45.8 Å². The molecule has 2 rings (SSSR count). The Kier molecular flexibility index (Phi) is 4.10. The van der Waals surface area contributed by atoms with Gasteiger partial charge in [-0.25, -0.2) is 14.0 Å². The summed E-state index contributed by atoms with van der Waals surface area (Å²) in [4.78, 5) is 24.0. The summed E-state index contributed by atoms with van der Waals surface area (Å²) in [6.07, 6.45) is -0.926. The molecule has 1 aliphatic rings. The second-order valence-electron chi connectivity index (χ2n) is 4.48. The molecule has 108 valence electrons. The van der Waals surface area contributed by atoms with Gasteiger partial charge in [-0.15, -0.1) is 0 Å². The molecule has 0 unspecified atom stereocenters. The lowest BCUT2D eigenvalue weighted by Crippen LogP contribution is -2.43. The summed E-state index contributed by atoms with van der Waals surface area (Å²) >= 11 is 5.66. The van der Waals surface area contributed by atoms with Gasteiger partial charge in [0.05, 0.1) is 6.10 Å². The van der Waals surface area contributed by atoms with Gasteiger partial charge in [0.25, 0.3) is 0 Å². The summed E-state index contributed by atoms with van der Waals surface area (Å²) in [7, 11) is 0. The molecule has 20 heavy (non-hydrogen) atoms. The predicted octanol–water partition coefficient (Wildman–Crippen LogP) is 1.53. The zero-order valence-electron chi connectivity index (χ0n) is 10.2. The second-order valence-corrected chi connectivity index (χ2v) is 4.92. The predicted molar refractivity (Wildman–Crippen MR) is 69.2 cm³/mol. The molecule has 0 aliphatic carbocycles. The van der Waals surface area contributed by atoms with Gasteiger partial charge >= 0.3 is 12.0 Å². The van der Waals surface area contributed by atoms with Crippen molar-refractivity contribution >= 4 is 29.3 Å². The Bertz CT molecular complexity index is 534. The molecule has 2 atom stereocenters. The van der Waals surface area contributed by atoms with Crippen LogP contribution < -0.4 is 5.32 Å². The van der Waals surface area contributed by atoms with Crippen LogP contribution in [0.15, 0.2) is 18.2 Å². The van der Waals surface area contributed by atoms with E-state index in [0.717, 1.165) is 17.0 Å². The van der Waals surface area contributed by atoms with Crippen LogP contribution in [0.1, 0.15) is 6.42 Å². The van der Waals surface area contributed by atoms with E-state index in [9.17, 15) is 19.1 Å². The fourth-order valence-corrected chi connectivity index (χ4v) is 2.32. The first-order valence-electron chi connectivity index (χ1n) is 5.81. The zero-order chi connectivity index (χ0) is 14.9. The lowest BCUT2D eigenvalue weighted by Gasteiger charge is -2.21. The van der Waals surface area contributed by atoms with Crippen LogP contribution in [0, 0.1) is 5.82 Å². The molecule has 0 saturated carbocycles. The van der Waals surface area contributed by atoms with E-state index in [0.29, 0.717) is 0 Å². The maximum Gasteiger partial charge on any atom is 0.326 e. The number of halogens is 2. The fourth-order valence-electron chi connectivity index (χ4n) is 2.09. The number of carboxylic acids is 1. The topological polar surface area (TPSA) is 89.9 Å². The number of amides is 2. The highest BCUT2D eigenvalue weighted by Crippen LogP contribution is 2.22. The number of likely N-dealkylation sites (tertiary alicyclic amines) is 1. The molecule has 0 bridgehead atoms. The summed E-state index contributed by atoms with van der Waals surface area (Å²) in [5.41, 5.74) is 0.116. The molecule has 0 aromatic heterocycles. The SMILES string of the molecule is O=C(O)[C@@H]1C[C@@H](O)CN1C(=O)Nc1cc(F)cc(Cl)c1. The van der Waals surface area contributed by atoms with E-state index in [1.807, 2.05) is 0 Å². The number of rotatable bonds is 2. The van der Waals surface area contributed by atoms with Crippen LogP contribution >= 0.6 is 11.6 Å². The van der Waals surface area contributed by atoms with Gasteiger partial charge in [0.1, 0.15) is 11.9 Å². The highest BCUT2D eigenvalue weighted by Gasteiger charge is 2.39. The molecule has 3 N–H and O–H groups in total. The van der Waals surface area contributed by atoms with E-state index in [2.05, 4.69) is 5.32 Å². The number of urea groups is 1. The van der Waals surface area contributed by atoms with Crippen molar-refractivity contribution < 1.29 is 24.2 Å². The molecule has 0 spiro atoms. The van der Waals surface area contributed by atoms with Crippen LogP contribution in [0.3, 0.4) is 0 Å². The first-order valence-corrected chi connectivity index (χ1v) is 6.19. The molecular formula is C12H12ClFN2O4. The van der Waals surface area contributed by atoms with Crippen LogP contribution in [0.25, 0.3) is 0 Å². The Labute approximate surface area is 118 Å². The molecule has 1 fully saturated rings. The zero-order valence-corrected chi connectivity index (χ0v) is 11.0. The summed E-state index contributed by atoms with van der Waals surface area (Å²) in [6, 6.07) is 1.65. The first-order chi connectivity index (χ1) is 9.36. The number of hydrogen-bond donors (Lipinski definition) is 3. The number of aliphatic carboxylic acids is 1. The molecule has 2 amide bonds. The minimum Gasteiger partial charge on any atom is -0.480 e. The molecule has 1 heterocycles. The number of carbonyl (C=O) groups is 2. The lowest BCUT2D eigenvalue weighted by atomic mass is 10.2. The minimum atomic E-state index is -1.20. The van der Waals surface area contributed by atoms with Crippen molar-refractivity contribution in [2.75, 3.05) is 11.9 Å². The van der Waals surface area contributed by atoms with E-state index in [4.69, 9.17) is 16.7 Å². The number of β-amino-alcohol motifs (C(OH)–C–C–N with tert-alkyl or cyclic N) is 1. The third kappa shape index (κ3) is 3.17. The van der Waals surface area contributed by atoms with Gasteiger partial charge in [0.2, 0.25) is 0 Å². The Hall–Kier alpha value is -1.86. The van der Waals surface area contributed by atoms with Crippen molar-refractivity contribution in [3.05, 3.63) is 29.0 Å². The van der Waals surface area contributed by atoms with E-state index in [-0.39, 0.29) is 23.7 Å². The molecule has 1 saturated heterocycles. The largest absolute Gasteiger partial charge is 0.480 e. The van der Waals surface area contributed by atoms with E-state index >= 15 is 0 Å². The number of hydrogen-bond acceptors (Lipinski definition) is 3. The normalized spacial score (nSPS) is 21.9. The Morgan fingerprint density at radius 1 is 1.40 bits per heavy atom. The quantitative estimate of drug-likeness (QED) is 0.773. The smallest absolute Gasteiger partial charge is 0.326 e. The average Bonchev–Trinajstić information content (AvgIpc) is 2.70. The van der Waals surface area contributed by atoms with E-state index < -0.39 is 30.0 Å². The summed E-state index contributed by atoms with van der Waals surface area (Å²) in [5, 5.41) is 20.9. The van der Waals surface area contributed by atoms with Gasteiger partial charge in [-0.3, -0.25) is 0 Å². The van der Waals surface area contributed by atoms with Crippen molar-refractivity contribution in [1.29, 1.82) is 0 Å². The summed E-state index contributed by atoms with van der Waals surface area (Å²) < 4.78 is 13.1. The van der Waals surface area contributed by atoms with Crippen molar-refractivity contribution in [3.63, 3.8) is 0 Å². The molecular weight excluding hydrogens is 291 g/mol. The Morgan fingerprint density at radius 3 is 2.70 bits per heavy atom. The van der Waals surface area contributed by atoms with E-state index in [1.165, 1.54) is 6.07 Å². The fraction of sp³-hybridized carbons (Fsp3) is 0.333. The van der Waals surface area contributed by atoms with Gasteiger partial charge < -0.3 is 20.4 Å². The number of nitrogens with one attached hydrogen (secondary N) is 1. The number of aliphatic hydroxyl groups is 1. The average molecular weight is 303 g/mol. The number of benzene rings is 1. The summed E-state index contributed by atoms with van der Waals surface area (Å²) in [5.74, 6) is -1.82. The molecule has 0 radical (unpaired) electrons. The number of carboxylic acid groups (broad SMARTS) is 1. The number of nitrogens with zero attached hydrogens (tertiary/aromatic N) is 1.